The summed E-state index contributed by atoms with van der Waals surface area (Å²) in [6.07, 6.45) is 8.13. The number of piperidine rings is 1. The van der Waals surface area contributed by atoms with Gasteiger partial charge in [-0.25, -0.2) is 4.79 Å². The fourth-order valence-electron chi connectivity index (χ4n) is 5.54. The van der Waals surface area contributed by atoms with E-state index in [1.165, 1.54) is 28.2 Å². The van der Waals surface area contributed by atoms with Gasteiger partial charge in [0.05, 0.1) is 5.56 Å². The lowest BCUT2D eigenvalue weighted by Gasteiger charge is -2.53. The Morgan fingerprint density at radius 3 is 2.94 bits per heavy atom. The number of hydrogen-bond acceptors (Lipinski definition) is 5. The number of esters is 1. The van der Waals surface area contributed by atoms with Crippen LogP contribution in [0.2, 0.25) is 0 Å². The Morgan fingerprint density at radius 2 is 2.16 bits per heavy atom. The van der Waals surface area contributed by atoms with Gasteiger partial charge in [-0.1, -0.05) is 12.1 Å². The summed E-state index contributed by atoms with van der Waals surface area (Å²) in [6.45, 7) is 0.351. The molecule has 6 nitrogen and oxygen atoms in total. The maximum Gasteiger partial charge on any atom is 0.339 e. The number of rotatable bonds is 4. The summed E-state index contributed by atoms with van der Waals surface area (Å²) in [7, 11) is 6.06. The molecule has 3 aromatic rings. The average molecular weight is 484 g/mol. The molecule has 1 fully saturated rings. The highest BCUT2D eigenvalue weighted by atomic mass is 79.9. The molecule has 0 radical (unpaired) electrons. The van der Waals surface area contributed by atoms with Crippen LogP contribution in [0.1, 0.15) is 34.3 Å². The van der Waals surface area contributed by atoms with Gasteiger partial charge in [0.25, 0.3) is 0 Å². The molecule has 0 unspecified atom stereocenters. The van der Waals surface area contributed by atoms with E-state index in [0.717, 1.165) is 23.7 Å². The third-order valence-corrected chi connectivity index (χ3v) is 7.56. The van der Waals surface area contributed by atoms with Gasteiger partial charge in [0.2, 0.25) is 0 Å². The van der Waals surface area contributed by atoms with E-state index in [4.69, 9.17) is 9.47 Å². The molecule has 7 heteroatoms. The zero-order chi connectivity index (χ0) is 21.8. The summed E-state index contributed by atoms with van der Waals surface area (Å²) in [5.74, 6) is -0.343. The van der Waals surface area contributed by atoms with Crippen molar-refractivity contribution in [1.29, 1.82) is 0 Å². The first-order valence-electron chi connectivity index (χ1n) is 10.6. The predicted molar refractivity (Wildman–Crippen MR) is 122 cm³/mol. The SMILES string of the molecule is CO[C@@]12CC[C@H](COC(=O)c3cncc(Br)c3)N(C)[C@H]1Cc1cn(C)c3cccc2c13. The standard InChI is InChI=1S/C24H26BrN3O3/c1-27-13-16-10-21-24(30-3,19-5-4-6-20(27)22(16)19)8-7-18(28(21)2)14-31-23(29)15-9-17(25)12-26-11-15/h4-6,9,11-13,18,21H,7-8,10,14H2,1-3H3/t18-,21+,24-/m1/s1. The lowest BCUT2D eigenvalue weighted by atomic mass is 9.70. The maximum atomic E-state index is 12.5. The van der Waals surface area contributed by atoms with Crippen molar-refractivity contribution >= 4 is 32.8 Å². The van der Waals surface area contributed by atoms with Crippen molar-refractivity contribution in [2.24, 2.45) is 7.05 Å². The number of nitrogens with zero attached hydrogens (tertiary/aromatic N) is 3. The number of aromatic nitrogens is 2. The Kier molecular flexibility index (Phi) is 5.15. The lowest BCUT2D eigenvalue weighted by Crippen LogP contribution is -2.61. The minimum absolute atomic E-state index is 0.141. The molecule has 2 aliphatic rings. The largest absolute Gasteiger partial charge is 0.460 e. The second-order valence-corrected chi connectivity index (χ2v) is 9.54. The molecule has 0 saturated carbocycles. The average Bonchev–Trinajstić information content (AvgIpc) is 3.10. The molecule has 5 rings (SSSR count). The van der Waals surface area contributed by atoms with Crippen molar-refractivity contribution in [1.82, 2.24) is 14.5 Å². The number of pyridine rings is 1. The Labute approximate surface area is 190 Å². The van der Waals surface area contributed by atoms with Gasteiger partial charge in [-0.15, -0.1) is 0 Å². The van der Waals surface area contributed by atoms with Crippen molar-refractivity contribution in [3.63, 3.8) is 0 Å². The minimum atomic E-state index is -0.350. The number of benzene rings is 1. The smallest absolute Gasteiger partial charge is 0.339 e. The van der Waals surface area contributed by atoms with Crippen LogP contribution in [0.3, 0.4) is 0 Å². The second-order valence-electron chi connectivity index (χ2n) is 8.63. The van der Waals surface area contributed by atoms with Gasteiger partial charge in [0.15, 0.2) is 0 Å². The third-order valence-electron chi connectivity index (χ3n) is 7.13. The third kappa shape index (κ3) is 3.22. The number of hydrogen-bond donors (Lipinski definition) is 0. The number of carbonyl (C=O) groups excluding carboxylic acids is 1. The molecule has 0 amide bonds. The molecule has 2 aromatic heterocycles. The predicted octanol–water partition coefficient (Wildman–Crippen LogP) is 4.05. The topological polar surface area (TPSA) is 56.6 Å². The first-order chi connectivity index (χ1) is 14.9. The molecule has 3 atom stereocenters. The van der Waals surface area contributed by atoms with Crippen molar-refractivity contribution in [2.45, 2.75) is 36.9 Å². The summed E-state index contributed by atoms with van der Waals surface area (Å²) in [5.41, 5.74) is 4.00. The van der Waals surface area contributed by atoms with E-state index in [2.05, 4.69) is 68.9 Å². The fourth-order valence-corrected chi connectivity index (χ4v) is 5.91. The zero-order valence-corrected chi connectivity index (χ0v) is 19.6. The number of fused-ring (bicyclic) bond motifs is 2. The number of carbonyl (C=O) groups is 1. The molecular formula is C24H26BrN3O3. The highest BCUT2D eigenvalue weighted by molar-refractivity contribution is 9.10. The van der Waals surface area contributed by atoms with Crippen molar-refractivity contribution in [2.75, 3.05) is 20.8 Å². The van der Waals surface area contributed by atoms with Crippen LogP contribution in [-0.2, 0) is 28.5 Å². The lowest BCUT2D eigenvalue weighted by molar-refractivity contribution is -0.130. The Hall–Kier alpha value is -2.22. The number of likely N-dealkylation sites (tertiary alicyclic amines) is 1. The highest BCUT2D eigenvalue weighted by Crippen LogP contribution is 2.49. The van der Waals surface area contributed by atoms with Gasteiger partial charge < -0.3 is 14.0 Å². The van der Waals surface area contributed by atoms with Gasteiger partial charge in [-0.05, 0) is 65.5 Å². The summed E-state index contributed by atoms with van der Waals surface area (Å²) in [4.78, 5) is 18.9. The van der Waals surface area contributed by atoms with E-state index >= 15 is 0 Å². The van der Waals surface area contributed by atoms with E-state index in [-0.39, 0.29) is 23.7 Å². The van der Waals surface area contributed by atoms with Gasteiger partial charge in [-0.2, -0.15) is 0 Å². The fraction of sp³-hybridized carbons (Fsp3) is 0.417. The van der Waals surface area contributed by atoms with Crippen molar-refractivity contribution in [3.8, 4) is 0 Å². The molecule has 1 aliphatic carbocycles. The highest BCUT2D eigenvalue weighted by Gasteiger charge is 2.51. The van der Waals surface area contributed by atoms with Crippen LogP contribution >= 0.6 is 15.9 Å². The summed E-state index contributed by atoms with van der Waals surface area (Å²) in [6, 6.07) is 8.58. The van der Waals surface area contributed by atoms with Crippen LogP contribution < -0.4 is 0 Å². The summed E-state index contributed by atoms with van der Waals surface area (Å²) in [5, 5.41) is 1.34. The molecule has 1 aromatic carbocycles. The number of methoxy groups -OCH3 is 1. The normalized spacial score (nSPS) is 25.4. The van der Waals surface area contributed by atoms with E-state index < -0.39 is 0 Å². The Bertz CT molecular complexity index is 1160. The van der Waals surface area contributed by atoms with Gasteiger partial charge in [0, 0.05) is 60.2 Å². The molecule has 3 heterocycles. The zero-order valence-electron chi connectivity index (χ0n) is 18.0. The number of ether oxygens (including phenoxy) is 2. The monoisotopic (exact) mass is 483 g/mol. The van der Waals surface area contributed by atoms with Crippen LogP contribution in [0.4, 0.5) is 0 Å². The second kappa shape index (κ2) is 7.73. The molecule has 1 saturated heterocycles. The molecule has 0 bridgehead atoms. The Balaban J connectivity index is 1.40. The first-order valence-corrected chi connectivity index (χ1v) is 11.4. The van der Waals surface area contributed by atoms with E-state index in [9.17, 15) is 4.79 Å². The van der Waals surface area contributed by atoms with Crippen LogP contribution in [0.15, 0.2) is 47.3 Å². The molecular weight excluding hydrogens is 458 g/mol. The quantitative estimate of drug-likeness (QED) is 0.523. The molecule has 31 heavy (non-hydrogen) atoms. The van der Waals surface area contributed by atoms with E-state index in [0.29, 0.717) is 12.2 Å². The van der Waals surface area contributed by atoms with Crippen LogP contribution in [0.5, 0.6) is 0 Å². The van der Waals surface area contributed by atoms with Crippen LogP contribution in [0.25, 0.3) is 10.9 Å². The van der Waals surface area contributed by atoms with Crippen molar-refractivity contribution in [3.05, 3.63) is 64.0 Å². The molecule has 0 spiro atoms. The summed E-state index contributed by atoms with van der Waals surface area (Å²) < 4.78 is 14.9. The minimum Gasteiger partial charge on any atom is -0.460 e. The van der Waals surface area contributed by atoms with Gasteiger partial charge in [-0.3, -0.25) is 9.88 Å². The molecule has 1 aliphatic heterocycles. The first kappa shape index (κ1) is 20.7. The van der Waals surface area contributed by atoms with Gasteiger partial charge >= 0.3 is 5.97 Å². The molecule has 162 valence electrons. The van der Waals surface area contributed by atoms with Crippen LogP contribution in [0, 0.1) is 0 Å². The van der Waals surface area contributed by atoms with Crippen LogP contribution in [-0.4, -0.2) is 53.3 Å². The van der Waals surface area contributed by atoms with E-state index in [1.807, 2.05) is 7.11 Å². The van der Waals surface area contributed by atoms with E-state index in [1.54, 1.807) is 12.3 Å². The number of halogens is 1. The number of aryl methyl sites for hydroxylation is 1. The maximum absolute atomic E-state index is 12.5. The number of likely N-dealkylation sites (N-methyl/N-ethyl adjacent to an activating group) is 1. The van der Waals surface area contributed by atoms with Gasteiger partial charge in [0.1, 0.15) is 12.2 Å². The van der Waals surface area contributed by atoms with Crippen molar-refractivity contribution < 1.29 is 14.3 Å². The Morgan fingerprint density at radius 1 is 1.32 bits per heavy atom. The summed E-state index contributed by atoms with van der Waals surface area (Å²) >= 11 is 3.35. The molecule has 0 N–H and O–H groups in total.